The van der Waals surface area contributed by atoms with Crippen LogP contribution in [0.5, 0.6) is 5.75 Å². The van der Waals surface area contributed by atoms with Crippen molar-refractivity contribution in [2.24, 2.45) is 17.6 Å². The number of nitrogens with two attached hydrogens (primary N) is 1. The lowest BCUT2D eigenvalue weighted by Gasteiger charge is -2.29. The summed E-state index contributed by atoms with van der Waals surface area (Å²) in [6.07, 6.45) is 1.20. The number of aromatic hydroxyl groups is 1. The quantitative estimate of drug-likeness (QED) is 0.245. The van der Waals surface area contributed by atoms with Crippen LogP contribution in [0.2, 0.25) is 0 Å². The van der Waals surface area contributed by atoms with Crippen LogP contribution in [-0.4, -0.2) is 58.1 Å². The monoisotopic (exact) mass is 478 g/mol. The van der Waals surface area contributed by atoms with Crippen LogP contribution in [0.1, 0.15) is 53.0 Å². The van der Waals surface area contributed by atoms with E-state index in [1.54, 1.807) is 26.0 Å². The minimum atomic E-state index is -1.15. The molecule has 3 amide bonds. The number of amides is 3. The molecule has 0 saturated heterocycles. The molecule has 34 heavy (non-hydrogen) atoms. The molecule has 1 rings (SSSR count). The average Bonchev–Trinajstić information content (AvgIpc) is 2.80. The number of aliphatic carboxylic acids is 1. The Balaban J connectivity index is 3.13. The molecule has 1 aromatic rings. The normalized spacial score (nSPS) is 16.3. The minimum absolute atomic E-state index is 0.0622. The number of phenolic OH excluding ortho intramolecular Hbond substituents is 1. The zero-order chi connectivity index (χ0) is 26.0. The van der Waals surface area contributed by atoms with Crippen LogP contribution < -0.4 is 21.7 Å². The van der Waals surface area contributed by atoms with Gasteiger partial charge in [0.2, 0.25) is 17.7 Å². The van der Waals surface area contributed by atoms with Crippen LogP contribution in [0, 0.1) is 11.8 Å². The van der Waals surface area contributed by atoms with Gasteiger partial charge >= 0.3 is 5.97 Å². The number of carbonyl (C=O) groups excluding carboxylic acids is 3. The first-order valence-electron chi connectivity index (χ1n) is 11.6. The molecule has 6 atom stereocenters. The van der Waals surface area contributed by atoms with Crippen molar-refractivity contribution in [1.29, 1.82) is 0 Å². The van der Waals surface area contributed by atoms with E-state index in [2.05, 4.69) is 16.0 Å². The number of carboxylic acids is 1. The summed E-state index contributed by atoms with van der Waals surface area (Å²) in [6, 6.07) is 2.20. The van der Waals surface area contributed by atoms with Gasteiger partial charge in [-0.05, 0) is 36.5 Å². The van der Waals surface area contributed by atoms with E-state index in [4.69, 9.17) is 5.73 Å². The molecular formula is C24H38N4O6. The third-order valence-corrected chi connectivity index (χ3v) is 5.99. The molecule has 0 aliphatic heterocycles. The third-order valence-electron chi connectivity index (χ3n) is 5.99. The fourth-order valence-corrected chi connectivity index (χ4v) is 3.26. The number of hydrogen-bond acceptors (Lipinski definition) is 6. The van der Waals surface area contributed by atoms with E-state index in [-0.39, 0.29) is 24.0 Å². The van der Waals surface area contributed by atoms with Crippen molar-refractivity contribution in [3.8, 4) is 5.75 Å². The summed E-state index contributed by atoms with van der Waals surface area (Å²) in [5.41, 5.74) is 6.32. The van der Waals surface area contributed by atoms with E-state index < -0.39 is 47.9 Å². The lowest BCUT2D eigenvalue weighted by molar-refractivity contribution is -0.144. The number of benzene rings is 1. The molecular weight excluding hydrogens is 440 g/mol. The van der Waals surface area contributed by atoms with Crippen molar-refractivity contribution in [3.05, 3.63) is 29.8 Å². The largest absolute Gasteiger partial charge is 0.508 e. The van der Waals surface area contributed by atoms with Gasteiger partial charge in [-0.15, -0.1) is 0 Å². The van der Waals surface area contributed by atoms with Crippen molar-refractivity contribution in [1.82, 2.24) is 16.0 Å². The van der Waals surface area contributed by atoms with E-state index in [1.165, 1.54) is 19.1 Å². The number of phenols is 1. The maximum Gasteiger partial charge on any atom is 0.326 e. The van der Waals surface area contributed by atoms with E-state index in [9.17, 15) is 29.4 Å². The molecule has 0 aliphatic rings. The van der Waals surface area contributed by atoms with Gasteiger partial charge < -0.3 is 31.9 Å². The van der Waals surface area contributed by atoms with Gasteiger partial charge in [0.15, 0.2) is 0 Å². The highest BCUT2D eigenvalue weighted by Crippen LogP contribution is 2.14. The average molecular weight is 479 g/mol. The molecule has 6 unspecified atom stereocenters. The van der Waals surface area contributed by atoms with E-state index in [1.807, 2.05) is 13.8 Å². The Labute approximate surface area is 200 Å². The first-order chi connectivity index (χ1) is 15.9. The van der Waals surface area contributed by atoms with Crippen molar-refractivity contribution in [2.45, 2.75) is 78.0 Å². The fraction of sp³-hybridized carbons (Fsp3) is 0.583. The lowest BCUT2D eigenvalue weighted by Crippen LogP contribution is -2.59. The number of rotatable bonds is 13. The van der Waals surface area contributed by atoms with Gasteiger partial charge in [0.05, 0.1) is 6.04 Å². The molecule has 0 fully saturated rings. The fourth-order valence-electron chi connectivity index (χ4n) is 3.26. The molecule has 7 N–H and O–H groups in total. The summed E-state index contributed by atoms with van der Waals surface area (Å²) in [4.78, 5) is 50.1. The Hall–Kier alpha value is -3.14. The highest BCUT2D eigenvalue weighted by molar-refractivity contribution is 5.94. The third kappa shape index (κ3) is 8.66. The number of carbonyl (C=O) groups is 4. The van der Waals surface area contributed by atoms with Crippen LogP contribution in [0.25, 0.3) is 0 Å². The van der Waals surface area contributed by atoms with Gasteiger partial charge in [0.1, 0.15) is 23.9 Å². The van der Waals surface area contributed by atoms with Gasteiger partial charge in [-0.25, -0.2) is 4.79 Å². The Morgan fingerprint density at radius 2 is 1.32 bits per heavy atom. The molecule has 0 bridgehead atoms. The molecule has 1 aromatic carbocycles. The van der Waals surface area contributed by atoms with Crippen molar-refractivity contribution in [2.75, 3.05) is 0 Å². The van der Waals surface area contributed by atoms with Crippen LogP contribution in [-0.2, 0) is 25.6 Å². The Morgan fingerprint density at radius 1 is 0.824 bits per heavy atom. The van der Waals surface area contributed by atoms with Crippen LogP contribution >= 0.6 is 0 Å². The first kappa shape index (κ1) is 28.9. The topological polar surface area (TPSA) is 171 Å². The molecule has 0 aromatic heterocycles. The summed E-state index contributed by atoms with van der Waals surface area (Å²) in [6.45, 7) is 8.68. The zero-order valence-corrected chi connectivity index (χ0v) is 20.5. The molecule has 10 heteroatoms. The van der Waals surface area contributed by atoms with Gasteiger partial charge in [-0.2, -0.15) is 0 Å². The number of carboxylic acid groups (broad SMARTS) is 1. The standard InChI is InChI=1S/C24H38N4O6/c1-6-13(3)19(23(32)28-20(24(33)34)14(4)7-2)27-22(31)18(26-21(30)15(5)25)12-16-8-10-17(29)11-9-16/h8-11,13-15,18-20,29H,6-7,12,25H2,1-5H3,(H,26,30)(H,27,31)(H,28,32)(H,33,34). The number of nitrogens with one attached hydrogen (secondary N) is 3. The Bertz CT molecular complexity index is 842. The van der Waals surface area contributed by atoms with Crippen LogP contribution in [0.15, 0.2) is 24.3 Å². The second-order valence-corrected chi connectivity index (χ2v) is 8.80. The van der Waals surface area contributed by atoms with E-state index in [0.29, 0.717) is 18.4 Å². The summed E-state index contributed by atoms with van der Waals surface area (Å²) < 4.78 is 0. The molecule has 10 nitrogen and oxygen atoms in total. The smallest absolute Gasteiger partial charge is 0.326 e. The van der Waals surface area contributed by atoms with Crippen LogP contribution in [0.4, 0.5) is 0 Å². The highest BCUT2D eigenvalue weighted by Gasteiger charge is 2.33. The van der Waals surface area contributed by atoms with E-state index >= 15 is 0 Å². The summed E-state index contributed by atoms with van der Waals surface area (Å²) >= 11 is 0. The van der Waals surface area contributed by atoms with Gasteiger partial charge in [0.25, 0.3) is 0 Å². The predicted octanol–water partition coefficient (Wildman–Crippen LogP) is 0.913. The second-order valence-electron chi connectivity index (χ2n) is 8.80. The van der Waals surface area contributed by atoms with Gasteiger partial charge in [0, 0.05) is 6.42 Å². The molecule has 0 aliphatic carbocycles. The molecule has 0 heterocycles. The zero-order valence-electron chi connectivity index (χ0n) is 20.5. The van der Waals surface area contributed by atoms with Crippen molar-refractivity contribution in [3.63, 3.8) is 0 Å². The first-order valence-corrected chi connectivity index (χ1v) is 11.6. The highest BCUT2D eigenvalue weighted by atomic mass is 16.4. The summed E-state index contributed by atoms with van der Waals surface area (Å²) in [5, 5.41) is 26.9. The lowest BCUT2D eigenvalue weighted by atomic mass is 9.95. The van der Waals surface area contributed by atoms with Gasteiger partial charge in [-0.1, -0.05) is 52.7 Å². The summed E-state index contributed by atoms with van der Waals surface area (Å²) in [7, 11) is 0. The second kappa shape index (κ2) is 13.5. The molecule has 0 radical (unpaired) electrons. The Morgan fingerprint density at radius 3 is 1.79 bits per heavy atom. The molecule has 0 spiro atoms. The number of hydrogen-bond donors (Lipinski definition) is 6. The van der Waals surface area contributed by atoms with Crippen molar-refractivity contribution < 1.29 is 29.4 Å². The minimum Gasteiger partial charge on any atom is -0.508 e. The SMILES string of the molecule is CCC(C)C(NC(=O)C(NC(=O)C(Cc1ccc(O)cc1)NC(=O)C(C)N)C(C)CC)C(=O)O. The molecule has 0 saturated carbocycles. The van der Waals surface area contributed by atoms with Crippen molar-refractivity contribution >= 4 is 23.7 Å². The maximum atomic E-state index is 13.2. The van der Waals surface area contributed by atoms with Crippen LogP contribution in [0.3, 0.4) is 0 Å². The van der Waals surface area contributed by atoms with Gasteiger partial charge in [-0.3, -0.25) is 14.4 Å². The predicted molar refractivity (Wildman–Crippen MR) is 128 cm³/mol. The molecule has 190 valence electrons. The Kier molecular flexibility index (Phi) is 11.5. The van der Waals surface area contributed by atoms with E-state index in [0.717, 1.165) is 0 Å². The summed E-state index contributed by atoms with van der Waals surface area (Å²) in [5.74, 6) is -3.42. The maximum absolute atomic E-state index is 13.2.